The fourth-order valence-electron chi connectivity index (χ4n) is 3.65. The smallest absolute Gasteiger partial charge is 0.256 e. The van der Waals surface area contributed by atoms with Gasteiger partial charge in [0, 0.05) is 60.9 Å². The minimum absolute atomic E-state index is 0. The quantitative estimate of drug-likeness (QED) is 0.331. The van der Waals surface area contributed by atoms with E-state index in [9.17, 15) is 9.00 Å². The third-order valence-electron chi connectivity index (χ3n) is 5.53. The predicted molar refractivity (Wildman–Crippen MR) is 153 cm³/mol. The van der Waals surface area contributed by atoms with Gasteiger partial charge < -0.3 is 25.6 Å². The van der Waals surface area contributed by atoms with Gasteiger partial charge >= 0.3 is 0 Å². The molecule has 2 aromatic heterocycles. The summed E-state index contributed by atoms with van der Waals surface area (Å²) in [6.07, 6.45) is 6.21. The van der Waals surface area contributed by atoms with Crippen LogP contribution in [0.4, 0.5) is 29.0 Å². The number of rotatable bonds is 10. The maximum absolute atomic E-state index is 12.8. The predicted octanol–water partition coefficient (Wildman–Crippen LogP) is 3.58. The van der Waals surface area contributed by atoms with E-state index in [0.717, 1.165) is 37.7 Å². The summed E-state index contributed by atoms with van der Waals surface area (Å²) in [6.45, 7) is 7.32. The summed E-state index contributed by atoms with van der Waals surface area (Å²) in [7, 11) is -2.25. The average Bonchev–Trinajstić information content (AvgIpc) is 2.91. The van der Waals surface area contributed by atoms with E-state index >= 15 is 0 Å². The number of aromatic nitrogens is 3. The largest absolute Gasteiger partial charge is 0.378 e. The molecule has 1 amide bonds. The molecule has 0 aliphatic carbocycles. The Hall–Kier alpha value is -4.03. The van der Waals surface area contributed by atoms with Gasteiger partial charge in [-0.25, -0.2) is 14.3 Å². The zero-order valence-electron chi connectivity index (χ0n) is 21.5. The van der Waals surface area contributed by atoms with Crippen LogP contribution in [-0.4, -0.2) is 70.4 Å². The summed E-state index contributed by atoms with van der Waals surface area (Å²) in [5.41, 5.74) is 2.82. The number of pyridine rings is 1. The number of nitrogens with zero attached hydrogens (tertiary/aromatic N) is 5. The zero-order valence-corrected chi connectivity index (χ0v) is 22.3. The second-order valence-electron chi connectivity index (χ2n) is 8.83. The molecule has 3 N–H and O–H groups in total. The van der Waals surface area contributed by atoms with Crippen molar-refractivity contribution in [1.82, 2.24) is 20.3 Å². The lowest BCUT2D eigenvalue weighted by Crippen LogP contribution is -2.36. The Kier molecular flexibility index (Phi) is 8.87. The highest BCUT2D eigenvalue weighted by atomic mass is 32.2. The van der Waals surface area contributed by atoms with Crippen LogP contribution in [0.2, 0.25) is 0 Å². The van der Waals surface area contributed by atoms with E-state index in [1.165, 1.54) is 6.20 Å². The molecule has 3 heterocycles. The number of morpholine rings is 1. The van der Waals surface area contributed by atoms with E-state index in [1.54, 1.807) is 36.8 Å². The molecule has 202 valence electrons. The second kappa shape index (κ2) is 12.5. The summed E-state index contributed by atoms with van der Waals surface area (Å²) in [4.78, 5) is 28.5. The first-order valence-corrected chi connectivity index (χ1v) is 14.5. The summed E-state index contributed by atoms with van der Waals surface area (Å²) in [5, 5.41) is 9.07. The fraction of sp³-hybridized carbons (Fsp3) is 0.308. The van der Waals surface area contributed by atoms with Crippen molar-refractivity contribution >= 4 is 44.6 Å². The van der Waals surface area contributed by atoms with Crippen LogP contribution >= 0.6 is 0 Å². The first-order chi connectivity index (χ1) is 18.3. The number of carbonyl (C=O) groups is 1. The minimum atomic E-state index is -2.25. The third kappa shape index (κ3) is 7.73. The number of carbonyl (C=O) groups excluding carboxylic acids is 1. The van der Waals surface area contributed by atoms with Gasteiger partial charge in [-0.05, 0) is 36.4 Å². The van der Waals surface area contributed by atoms with Crippen LogP contribution < -0.4 is 20.9 Å². The van der Waals surface area contributed by atoms with Gasteiger partial charge in [0.15, 0.2) is 0 Å². The van der Waals surface area contributed by atoms with E-state index < -0.39 is 9.73 Å². The minimum Gasteiger partial charge on any atom is -0.378 e. The van der Waals surface area contributed by atoms with Crippen molar-refractivity contribution in [1.29, 1.82) is 0 Å². The van der Waals surface area contributed by atoms with Crippen LogP contribution in [0.3, 0.4) is 0 Å². The van der Waals surface area contributed by atoms with Crippen LogP contribution in [0.1, 0.15) is 17.5 Å². The SMILES string of the molecule is C=CCNC(=O)c1cnc(Nc2ccc(N3CCOCC3)cc2)nc1Nc1cccc(CN=S(C)(C)=O)n1.[HH]. The lowest BCUT2D eigenvalue weighted by Gasteiger charge is -2.28. The van der Waals surface area contributed by atoms with Gasteiger partial charge in [-0.1, -0.05) is 12.1 Å². The van der Waals surface area contributed by atoms with Crippen molar-refractivity contribution in [2.45, 2.75) is 6.54 Å². The number of nitrogens with one attached hydrogen (secondary N) is 3. The van der Waals surface area contributed by atoms with Gasteiger partial charge in [0.25, 0.3) is 5.91 Å². The Balaban J connectivity index is 0.00000420. The number of benzene rings is 1. The molecule has 11 nitrogen and oxygen atoms in total. The standard InChI is InChI=1S/C26H32N8O3S.H2/c1-4-12-27-25(35)22-18-28-26(31-19-8-10-21(11-9-19)34-13-15-37-16-14-34)33-24(22)32-23-7-5-6-20(30-23)17-29-38(2,3)36;/h4-11,18H,1,12-17H2,2-3H3,(H,27,35)(H2,28,30,31,32,33);1H. The lowest BCUT2D eigenvalue weighted by molar-refractivity contribution is 0.0958. The monoisotopic (exact) mass is 538 g/mol. The molecule has 0 saturated carbocycles. The van der Waals surface area contributed by atoms with E-state index in [1.807, 2.05) is 24.3 Å². The van der Waals surface area contributed by atoms with Gasteiger partial charge in [-0.2, -0.15) is 4.98 Å². The van der Waals surface area contributed by atoms with Crippen molar-refractivity contribution in [2.24, 2.45) is 4.36 Å². The molecule has 12 heteroatoms. The van der Waals surface area contributed by atoms with Crippen molar-refractivity contribution in [3.8, 4) is 0 Å². The highest BCUT2D eigenvalue weighted by Crippen LogP contribution is 2.23. The van der Waals surface area contributed by atoms with E-state index in [0.29, 0.717) is 24.0 Å². The molecular formula is C26H34N8O3S. The number of amides is 1. The molecule has 1 fully saturated rings. The maximum Gasteiger partial charge on any atom is 0.256 e. The molecule has 0 spiro atoms. The molecule has 1 aliphatic rings. The number of hydrogen-bond donors (Lipinski definition) is 3. The molecule has 1 aromatic carbocycles. The topological polar surface area (TPSA) is 134 Å². The van der Waals surface area contributed by atoms with Gasteiger partial charge in [0.1, 0.15) is 17.2 Å². The second-order valence-corrected chi connectivity index (χ2v) is 11.5. The molecule has 0 atom stereocenters. The number of hydrogen-bond acceptors (Lipinski definition) is 10. The van der Waals surface area contributed by atoms with Gasteiger partial charge in [-0.3, -0.25) is 9.00 Å². The van der Waals surface area contributed by atoms with Crippen LogP contribution in [0.25, 0.3) is 0 Å². The van der Waals surface area contributed by atoms with Gasteiger partial charge in [-0.15, -0.1) is 6.58 Å². The molecule has 0 unspecified atom stereocenters. The summed E-state index contributed by atoms with van der Waals surface area (Å²) in [5.74, 6) is 0.713. The fourth-order valence-corrected chi connectivity index (χ4v) is 4.09. The molecule has 4 rings (SSSR count). The molecule has 1 aliphatic heterocycles. The Morgan fingerprint density at radius 2 is 1.92 bits per heavy atom. The van der Waals surface area contributed by atoms with E-state index in [2.05, 4.69) is 46.7 Å². The Morgan fingerprint density at radius 1 is 1.16 bits per heavy atom. The normalized spacial score (nSPS) is 13.5. The van der Waals surface area contributed by atoms with Crippen LogP contribution in [0.15, 0.2) is 65.7 Å². The number of ether oxygens (including phenoxy) is 1. The first kappa shape index (κ1) is 27.0. The highest BCUT2D eigenvalue weighted by Gasteiger charge is 2.16. The maximum atomic E-state index is 12.8. The van der Waals surface area contributed by atoms with Gasteiger partial charge in [0.05, 0.1) is 25.5 Å². The zero-order chi connectivity index (χ0) is 27.0. The van der Waals surface area contributed by atoms with Crippen LogP contribution in [0, 0.1) is 0 Å². The first-order valence-electron chi connectivity index (χ1n) is 12.1. The lowest BCUT2D eigenvalue weighted by atomic mass is 10.2. The van der Waals surface area contributed by atoms with Crippen molar-refractivity contribution in [3.05, 3.63) is 72.6 Å². The molecule has 0 bridgehead atoms. The molecule has 0 radical (unpaired) electrons. The summed E-state index contributed by atoms with van der Waals surface area (Å²) >= 11 is 0. The summed E-state index contributed by atoms with van der Waals surface area (Å²) < 4.78 is 21.5. The summed E-state index contributed by atoms with van der Waals surface area (Å²) in [6, 6.07) is 13.3. The van der Waals surface area contributed by atoms with E-state index in [4.69, 9.17) is 4.74 Å². The highest BCUT2D eigenvalue weighted by molar-refractivity contribution is 7.92. The Labute approximate surface area is 224 Å². The van der Waals surface area contributed by atoms with Gasteiger partial charge in [0.2, 0.25) is 5.95 Å². The molecule has 38 heavy (non-hydrogen) atoms. The molecular weight excluding hydrogens is 504 g/mol. The van der Waals surface area contributed by atoms with Crippen molar-refractivity contribution in [2.75, 3.05) is 60.9 Å². The molecule has 3 aromatic rings. The number of anilines is 5. The average molecular weight is 539 g/mol. The van der Waals surface area contributed by atoms with Crippen LogP contribution in [-0.2, 0) is 21.0 Å². The van der Waals surface area contributed by atoms with E-state index in [-0.39, 0.29) is 25.3 Å². The third-order valence-corrected chi connectivity index (χ3v) is 6.28. The van der Waals surface area contributed by atoms with Crippen LogP contribution in [0.5, 0.6) is 0 Å². The molecule has 1 saturated heterocycles. The van der Waals surface area contributed by atoms with Crippen molar-refractivity contribution in [3.63, 3.8) is 0 Å². The Morgan fingerprint density at radius 3 is 2.63 bits per heavy atom. The Bertz CT molecular complexity index is 1400. The van der Waals surface area contributed by atoms with Crippen molar-refractivity contribution < 1.29 is 15.2 Å².